The molecule has 2 heterocycles. The number of aliphatic hydroxyl groups is 1. The summed E-state index contributed by atoms with van der Waals surface area (Å²) in [7, 11) is 2.94. The number of nitrogens with one attached hydrogen (secondary N) is 1. The molecule has 1 atom stereocenters. The number of nitrogens with zero attached hydrogens (tertiary/aromatic N) is 3. The van der Waals surface area contributed by atoms with Gasteiger partial charge in [0.2, 0.25) is 5.65 Å². The highest BCUT2D eigenvalue weighted by atomic mass is 19.1. The molecule has 0 aliphatic rings. The van der Waals surface area contributed by atoms with Gasteiger partial charge in [-0.3, -0.25) is 14.0 Å². The van der Waals surface area contributed by atoms with Crippen LogP contribution in [0.25, 0.3) is 16.9 Å². The number of aliphatic hydroxyl groups excluding tert-OH is 1. The van der Waals surface area contributed by atoms with Crippen molar-refractivity contribution in [2.45, 2.75) is 13.0 Å². The molecule has 0 aliphatic heterocycles. The number of aromatic nitrogens is 3. The van der Waals surface area contributed by atoms with Gasteiger partial charge >= 0.3 is 0 Å². The second-order valence-corrected chi connectivity index (χ2v) is 6.14. The lowest BCUT2D eigenvalue weighted by Crippen LogP contribution is -2.30. The number of hydrogen-bond acceptors (Lipinski definition) is 5. The van der Waals surface area contributed by atoms with Crippen LogP contribution in [-0.2, 0) is 7.05 Å². The van der Waals surface area contributed by atoms with Gasteiger partial charge in [-0.25, -0.2) is 9.37 Å². The van der Waals surface area contributed by atoms with Crippen LogP contribution in [0.4, 0.5) is 4.39 Å². The summed E-state index contributed by atoms with van der Waals surface area (Å²) in [5, 5.41) is 11.8. The van der Waals surface area contributed by atoms with Gasteiger partial charge in [0.25, 0.3) is 11.5 Å². The Morgan fingerprint density at radius 3 is 2.78 bits per heavy atom. The van der Waals surface area contributed by atoms with Crippen molar-refractivity contribution in [3.05, 3.63) is 52.5 Å². The van der Waals surface area contributed by atoms with Crippen molar-refractivity contribution in [3.63, 3.8) is 0 Å². The molecule has 142 valence electrons. The number of hydrogen-bond donors (Lipinski definition) is 2. The summed E-state index contributed by atoms with van der Waals surface area (Å²) in [4.78, 5) is 28.8. The molecule has 1 aromatic carbocycles. The summed E-state index contributed by atoms with van der Waals surface area (Å²) in [6, 6.07) is 4.34. The Morgan fingerprint density at radius 2 is 2.15 bits per heavy atom. The van der Waals surface area contributed by atoms with Crippen molar-refractivity contribution >= 4 is 11.6 Å². The third-order valence-electron chi connectivity index (χ3n) is 4.09. The smallest absolute Gasteiger partial charge is 0.294 e. The van der Waals surface area contributed by atoms with Gasteiger partial charge in [0.15, 0.2) is 0 Å². The maximum Gasteiger partial charge on any atom is 0.294 e. The lowest BCUT2D eigenvalue weighted by atomic mass is 10.1. The third kappa shape index (κ3) is 3.54. The minimum atomic E-state index is -0.705. The topological polar surface area (TPSA) is 97.9 Å². The Labute approximate surface area is 153 Å². The number of carbonyl (C=O) groups excluding carboxylic acids is 1. The van der Waals surface area contributed by atoms with Crippen LogP contribution in [0.3, 0.4) is 0 Å². The number of rotatable bonds is 5. The van der Waals surface area contributed by atoms with Crippen LogP contribution < -0.4 is 15.6 Å². The van der Waals surface area contributed by atoms with Crippen LogP contribution in [0.5, 0.6) is 5.75 Å². The van der Waals surface area contributed by atoms with Crippen LogP contribution in [0.15, 0.2) is 35.4 Å². The number of methoxy groups -OCH3 is 1. The first-order valence-corrected chi connectivity index (χ1v) is 8.20. The molecule has 3 rings (SSSR count). The Kier molecular flexibility index (Phi) is 4.95. The fourth-order valence-electron chi connectivity index (χ4n) is 2.65. The molecule has 0 aliphatic carbocycles. The molecule has 27 heavy (non-hydrogen) atoms. The summed E-state index contributed by atoms with van der Waals surface area (Å²) in [5.74, 6) is -0.695. The summed E-state index contributed by atoms with van der Waals surface area (Å²) >= 11 is 0. The highest BCUT2D eigenvalue weighted by Crippen LogP contribution is 2.25. The van der Waals surface area contributed by atoms with Crippen LogP contribution in [0.1, 0.15) is 17.4 Å². The van der Waals surface area contributed by atoms with E-state index < -0.39 is 23.4 Å². The summed E-state index contributed by atoms with van der Waals surface area (Å²) in [6.45, 7) is 1.60. The van der Waals surface area contributed by atoms with Gasteiger partial charge in [-0.15, -0.1) is 0 Å². The first-order chi connectivity index (χ1) is 12.8. The minimum Gasteiger partial charge on any atom is -0.497 e. The van der Waals surface area contributed by atoms with Gasteiger partial charge in [-0.1, -0.05) is 0 Å². The zero-order chi connectivity index (χ0) is 19.7. The molecule has 0 saturated heterocycles. The molecule has 0 fully saturated rings. The molecular formula is C18H19FN4O4. The Hall–Kier alpha value is -3.20. The normalized spacial score (nSPS) is 12.2. The van der Waals surface area contributed by atoms with Crippen molar-refractivity contribution in [1.82, 2.24) is 19.3 Å². The highest BCUT2D eigenvalue weighted by Gasteiger charge is 2.17. The SMILES string of the molecule is COc1ccc(-c2cn3cc(C(=O)NCC(C)O)nc3c(=O)n2C)c(F)c1. The molecule has 1 amide bonds. The molecule has 1 unspecified atom stereocenters. The van der Waals surface area contributed by atoms with Crippen LogP contribution in [0.2, 0.25) is 0 Å². The van der Waals surface area contributed by atoms with Gasteiger partial charge in [0, 0.05) is 37.6 Å². The standard InChI is InChI=1S/C18H19FN4O4/c1-10(24)7-20-17(25)14-8-23-9-15(22(2)18(26)16(23)21-14)12-5-4-11(27-3)6-13(12)19/h4-6,8-10,24H,7H2,1-3H3,(H,20,25). The van der Waals surface area contributed by atoms with Crippen molar-refractivity contribution in [2.24, 2.45) is 7.05 Å². The van der Waals surface area contributed by atoms with E-state index in [1.165, 1.54) is 54.6 Å². The molecule has 3 aromatic rings. The first-order valence-electron chi connectivity index (χ1n) is 8.20. The fourth-order valence-corrected chi connectivity index (χ4v) is 2.65. The number of ether oxygens (including phenoxy) is 1. The van der Waals surface area contributed by atoms with Gasteiger partial charge in [0.05, 0.1) is 18.9 Å². The summed E-state index contributed by atoms with van der Waals surface area (Å²) < 4.78 is 22.1. The maximum absolute atomic E-state index is 14.4. The minimum absolute atomic E-state index is 0.0279. The molecule has 0 bridgehead atoms. The molecule has 9 heteroatoms. The van der Waals surface area contributed by atoms with Gasteiger partial charge in [-0.2, -0.15) is 0 Å². The quantitative estimate of drug-likeness (QED) is 0.693. The lowest BCUT2D eigenvalue weighted by Gasteiger charge is -2.11. The molecule has 0 spiro atoms. The monoisotopic (exact) mass is 374 g/mol. The molecule has 0 radical (unpaired) electrons. The van der Waals surface area contributed by atoms with E-state index in [0.717, 1.165) is 0 Å². The molecular weight excluding hydrogens is 355 g/mol. The van der Waals surface area contributed by atoms with Gasteiger partial charge in [-0.05, 0) is 19.1 Å². The Balaban J connectivity index is 2.08. The van der Waals surface area contributed by atoms with Crippen LogP contribution in [-0.4, -0.2) is 44.7 Å². The van der Waals surface area contributed by atoms with Gasteiger partial charge in [0.1, 0.15) is 17.3 Å². The number of amides is 1. The van der Waals surface area contributed by atoms with Crippen molar-refractivity contribution in [2.75, 3.05) is 13.7 Å². The van der Waals surface area contributed by atoms with Crippen molar-refractivity contribution in [1.29, 1.82) is 0 Å². The number of carbonyl (C=O) groups is 1. The first kappa shape index (κ1) is 18.6. The van der Waals surface area contributed by atoms with E-state index in [9.17, 15) is 19.1 Å². The zero-order valence-corrected chi connectivity index (χ0v) is 15.1. The molecule has 8 nitrogen and oxygen atoms in total. The van der Waals surface area contributed by atoms with E-state index in [1.807, 2.05) is 0 Å². The maximum atomic E-state index is 14.4. The molecule has 2 aromatic heterocycles. The lowest BCUT2D eigenvalue weighted by molar-refractivity contribution is 0.0919. The third-order valence-corrected chi connectivity index (χ3v) is 4.09. The largest absolute Gasteiger partial charge is 0.497 e. The van der Waals surface area contributed by atoms with E-state index in [-0.39, 0.29) is 23.4 Å². The predicted octanol–water partition coefficient (Wildman–Crippen LogP) is 0.958. The number of fused-ring (bicyclic) bond motifs is 1. The zero-order valence-electron chi connectivity index (χ0n) is 15.1. The van der Waals surface area contributed by atoms with Crippen LogP contribution in [0, 0.1) is 5.82 Å². The summed E-state index contributed by atoms with van der Waals surface area (Å²) in [5.41, 5.74) is 0.127. The summed E-state index contributed by atoms with van der Waals surface area (Å²) in [6.07, 6.45) is 2.21. The second kappa shape index (κ2) is 7.20. The van der Waals surface area contributed by atoms with E-state index >= 15 is 0 Å². The molecule has 2 N–H and O–H groups in total. The van der Waals surface area contributed by atoms with Crippen molar-refractivity contribution < 1.29 is 19.0 Å². The van der Waals surface area contributed by atoms with E-state index in [2.05, 4.69) is 10.3 Å². The average Bonchev–Trinajstić information content (AvgIpc) is 3.07. The fraction of sp³-hybridized carbons (Fsp3) is 0.278. The number of imidazole rings is 1. The Bertz CT molecular complexity index is 1070. The number of benzene rings is 1. The van der Waals surface area contributed by atoms with E-state index in [4.69, 9.17) is 4.74 Å². The van der Waals surface area contributed by atoms with Gasteiger partial charge < -0.3 is 19.7 Å². The molecule has 0 saturated carbocycles. The predicted molar refractivity (Wildman–Crippen MR) is 96.4 cm³/mol. The second-order valence-electron chi connectivity index (χ2n) is 6.14. The Morgan fingerprint density at radius 1 is 1.41 bits per heavy atom. The highest BCUT2D eigenvalue weighted by molar-refractivity contribution is 5.92. The average molecular weight is 374 g/mol. The van der Waals surface area contributed by atoms with Crippen molar-refractivity contribution in [3.8, 4) is 17.0 Å². The van der Waals surface area contributed by atoms with E-state index in [0.29, 0.717) is 11.4 Å². The number of halogens is 1. The van der Waals surface area contributed by atoms with Crippen LogP contribution >= 0.6 is 0 Å². The van der Waals surface area contributed by atoms with E-state index in [1.54, 1.807) is 6.07 Å².